The molecule has 1 fully saturated rings. The molecule has 0 atom stereocenters. The van der Waals surface area contributed by atoms with Crippen LogP contribution in [0.25, 0.3) is 0 Å². The Kier molecular flexibility index (Phi) is 8.11. The van der Waals surface area contributed by atoms with E-state index >= 15 is 0 Å². The summed E-state index contributed by atoms with van der Waals surface area (Å²) >= 11 is 0. The molecule has 29 heavy (non-hydrogen) atoms. The van der Waals surface area contributed by atoms with Gasteiger partial charge in [0.25, 0.3) is 0 Å². The third kappa shape index (κ3) is 5.82. The fourth-order valence-corrected chi connectivity index (χ4v) is 3.95. The first kappa shape index (κ1) is 21.4. The van der Waals surface area contributed by atoms with Gasteiger partial charge in [-0.15, -0.1) is 0 Å². The van der Waals surface area contributed by atoms with E-state index in [0.717, 1.165) is 48.9 Å². The highest BCUT2D eigenvalue weighted by molar-refractivity contribution is 5.79. The Labute approximate surface area is 174 Å². The van der Waals surface area contributed by atoms with Crippen LogP contribution >= 0.6 is 0 Å². The zero-order chi connectivity index (χ0) is 20.5. The molecule has 1 aliphatic heterocycles. The normalized spacial score (nSPS) is 15.5. The molecular formula is C23H35N5O. The Morgan fingerprint density at radius 1 is 1.03 bits per heavy atom. The molecule has 1 saturated heterocycles. The van der Waals surface area contributed by atoms with E-state index in [-0.39, 0.29) is 0 Å². The summed E-state index contributed by atoms with van der Waals surface area (Å²) in [5.74, 6) is 1.75. The van der Waals surface area contributed by atoms with Crippen LogP contribution in [0.5, 0.6) is 0 Å². The molecule has 0 bridgehead atoms. The van der Waals surface area contributed by atoms with Crippen molar-refractivity contribution >= 4 is 5.96 Å². The molecule has 2 N–H and O–H groups in total. The Balaban J connectivity index is 1.58. The molecule has 0 amide bonds. The summed E-state index contributed by atoms with van der Waals surface area (Å²) in [5.41, 5.74) is 4.91. The van der Waals surface area contributed by atoms with E-state index < -0.39 is 0 Å². The minimum absolute atomic E-state index is 0.672. The number of rotatable bonds is 8. The molecule has 1 aromatic heterocycles. The number of hydrogen-bond acceptors (Lipinski definition) is 4. The lowest BCUT2D eigenvalue weighted by molar-refractivity contribution is 0.220. The SMILES string of the molecule is CCc1noc(CC)c1CNC(=NC)NCc1ccccc1CN1CCCCC1. The topological polar surface area (TPSA) is 65.7 Å². The number of guanidine groups is 1. The third-order valence-corrected chi connectivity index (χ3v) is 5.67. The largest absolute Gasteiger partial charge is 0.361 e. The molecule has 1 aliphatic rings. The second-order valence-electron chi connectivity index (χ2n) is 7.62. The maximum Gasteiger partial charge on any atom is 0.191 e. The second kappa shape index (κ2) is 11.0. The van der Waals surface area contributed by atoms with Crippen molar-refractivity contribution in [1.29, 1.82) is 0 Å². The van der Waals surface area contributed by atoms with Gasteiger partial charge >= 0.3 is 0 Å². The second-order valence-corrected chi connectivity index (χ2v) is 7.62. The minimum atomic E-state index is 0.672. The highest BCUT2D eigenvalue weighted by Gasteiger charge is 2.15. The number of nitrogens with one attached hydrogen (secondary N) is 2. The van der Waals surface area contributed by atoms with Gasteiger partial charge < -0.3 is 15.2 Å². The van der Waals surface area contributed by atoms with Crippen LogP contribution in [0.4, 0.5) is 0 Å². The molecule has 2 heterocycles. The van der Waals surface area contributed by atoms with Gasteiger partial charge in [-0.25, -0.2) is 0 Å². The first-order chi connectivity index (χ1) is 14.2. The van der Waals surface area contributed by atoms with Crippen molar-refractivity contribution in [1.82, 2.24) is 20.7 Å². The van der Waals surface area contributed by atoms with E-state index in [2.05, 4.69) is 63.8 Å². The molecule has 0 saturated carbocycles. The van der Waals surface area contributed by atoms with Gasteiger partial charge in [0, 0.05) is 38.7 Å². The quantitative estimate of drug-likeness (QED) is 0.526. The van der Waals surface area contributed by atoms with E-state index in [9.17, 15) is 0 Å². The van der Waals surface area contributed by atoms with Crippen molar-refractivity contribution < 1.29 is 4.52 Å². The van der Waals surface area contributed by atoms with Crippen LogP contribution in [0.2, 0.25) is 0 Å². The number of nitrogens with zero attached hydrogens (tertiary/aromatic N) is 3. The Morgan fingerprint density at radius 2 is 1.76 bits per heavy atom. The summed E-state index contributed by atoms with van der Waals surface area (Å²) in [6.07, 6.45) is 5.72. The summed E-state index contributed by atoms with van der Waals surface area (Å²) in [6.45, 7) is 9.08. The zero-order valence-corrected chi connectivity index (χ0v) is 18.1. The number of benzene rings is 1. The van der Waals surface area contributed by atoms with Crippen LogP contribution in [0.3, 0.4) is 0 Å². The fourth-order valence-electron chi connectivity index (χ4n) is 3.95. The van der Waals surface area contributed by atoms with Gasteiger partial charge in [0.1, 0.15) is 5.76 Å². The lowest BCUT2D eigenvalue weighted by Crippen LogP contribution is -2.37. The third-order valence-electron chi connectivity index (χ3n) is 5.67. The Bertz CT molecular complexity index is 771. The van der Waals surface area contributed by atoms with E-state index in [1.54, 1.807) is 0 Å². The van der Waals surface area contributed by atoms with Gasteiger partial charge in [-0.2, -0.15) is 0 Å². The highest BCUT2D eigenvalue weighted by atomic mass is 16.5. The summed E-state index contributed by atoms with van der Waals surface area (Å²) < 4.78 is 5.46. The molecule has 0 unspecified atom stereocenters. The van der Waals surface area contributed by atoms with E-state index in [0.29, 0.717) is 6.54 Å². The number of aryl methyl sites for hydroxylation is 2. The minimum Gasteiger partial charge on any atom is -0.361 e. The van der Waals surface area contributed by atoms with Gasteiger partial charge in [-0.3, -0.25) is 9.89 Å². The summed E-state index contributed by atoms with van der Waals surface area (Å²) in [6, 6.07) is 8.72. The van der Waals surface area contributed by atoms with Gasteiger partial charge in [-0.1, -0.05) is 49.7 Å². The smallest absolute Gasteiger partial charge is 0.191 e. The summed E-state index contributed by atoms with van der Waals surface area (Å²) in [4.78, 5) is 6.96. The molecule has 0 radical (unpaired) electrons. The van der Waals surface area contributed by atoms with Crippen LogP contribution in [0, 0.1) is 0 Å². The van der Waals surface area contributed by atoms with Crippen LogP contribution in [0.1, 0.15) is 61.3 Å². The lowest BCUT2D eigenvalue weighted by atomic mass is 10.0. The molecule has 2 aromatic rings. The molecule has 0 aliphatic carbocycles. The van der Waals surface area contributed by atoms with E-state index in [1.807, 2.05) is 7.05 Å². The monoisotopic (exact) mass is 397 g/mol. The molecular weight excluding hydrogens is 362 g/mol. The van der Waals surface area contributed by atoms with Gasteiger partial charge in [-0.05, 0) is 43.5 Å². The predicted molar refractivity (Wildman–Crippen MR) is 118 cm³/mol. The molecule has 1 aromatic carbocycles. The zero-order valence-electron chi connectivity index (χ0n) is 18.1. The Hall–Kier alpha value is -2.34. The van der Waals surface area contributed by atoms with Gasteiger partial charge in [0.05, 0.1) is 5.69 Å². The van der Waals surface area contributed by atoms with Crippen molar-refractivity contribution in [3.8, 4) is 0 Å². The van der Waals surface area contributed by atoms with E-state index in [4.69, 9.17) is 4.52 Å². The number of likely N-dealkylation sites (tertiary alicyclic amines) is 1. The maximum atomic E-state index is 5.46. The molecule has 158 valence electrons. The van der Waals surface area contributed by atoms with Crippen molar-refractivity contribution in [3.05, 3.63) is 52.4 Å². The van der Waals surface area contributed by atoms with Gasteiger partial charge in [0.15, 0.2) is 5.96 Å². The first-order valence-electron chi connectivity index (χ1n) is 10.9. The molecule has 3 rings (SSSR count). The average Bonchev–Trinajstić information content (AvgIpc) is 3.17. The Morgan fingerprint density at radius 3 is 2.45 bits per heavy atom. The van der Waals surface area contributed by atoms with Crippen LogP contribution in [0.15, 0.2) is 33.8 Å². The van der Waals surface area contributed by atoms with Crippen molar-refractivity contribution in [2.75, 3.05) is 20.1 Å². The number of hydrogen-bond donors (Lipinski definition) is 2. The highest BCUT2D eigenvalue weighted by Crippen LogP contribution is 2.17. The van der Waals surface area contributed by atoms with Crippen molar-refractivity contribution in [2.45, 2.75) is 65.6 Å². The molecule has 0 spiro atoms. The van der Waals surface area contributed by atoms with Crippen molar-refractivity contribution in [2.24, 2.45) is 4.99 Å². The predicted octanol–water partition coefficient (Wildman–Crippen LogP) is 3.65. The van der Waals surface area contributed by atoms with Crippen molar-refractivity contribution in [3.63, 3.8) is 0 Å². The summed E-state index contributed by atoms with van der Waals surface area (Å²) in [7, 11) is 1.81. The van der Waals surface area contributed by atoms with Crippen LogP contribution in [-0.4, -0.2) is 36.2 Å². The van der Waals surface area contributed by atoms with Crippen LogP contribution < -0.4 is 10.6 Å². The standard InChI is InChI=1S/C23H35N5O/c1-4-21-20(22(5-2)29-27-21)16-26-23(24-3)25-15-18-11-7-8-12-19(18)17-28-13-9-6-10-14-28/h7-8,11-12H,4-6,9-10,13-17H2,1-3H3,(H2,24,25,26). The fraction of sp³-hybridized carbons (Fsp3) is 0.565. The number of aromatic nitrogens is 1. The lowest BCUT2D eigenvalue weighted by Gasteiger charge is -2.27. The average molecular weight is 398 g/mol. The first-order valence-corrected chi connectivity index (χ1v) is 10.9. The molecule has 6 heteroatoms. The summed E-state index contributed by atoms with van der Waals surface area (Å²) in [5, 5.41) is 11.1. The van der Waals surface area contributed by atoms with Crippen LogP contribution in [-0.2, 0) is 32.5 Å². The van der Waals surface area contributed by atoms with Gasteiger partial charge in [0.2, 0.25) is 0 Å². The molecule has 6 nitrogen and oxygen atoms in total. The number of piperidine rings is 1. The van der Waals surface area contributed by atoms with E-state index in [1.165, 1.54) is 43.5 Å². The maximum absolute atomic E-state index is 5.46. The number of aliphatic imine (C=N–C) groups is 1.